The molecular formula is C13H16ClN3O. The first-order valence-corrected chi connectivity index (χ1v) is 5.56. The lowest BCUT2D eigenvalue weighted by Gasteiger charge is -2.07. The fourth-order valence-electron chi connectivity index (χ4n) is 1.58. The molecule has 0 atom stereocenters. The van der Waals surface area contributed by atoms with Crippen LogP contribution in [0.25, 0.3) is 11.3 Å². The zero-order chi connectivity index (χ0) is 12.1. The van der Waals surface area contributed by atoms with E-state index in [1.165, 1.54) is 0 Å². The summed E-state index contributed by atoms with van der Waals surface area (Å²) in [6, 6.07) is 11.9. The number of aliphatic hydroxyl groups is 1. The van der Waals surface area contributed by atoms with Gasteiger partial charge >= 0.3 is 0 Å². The van der Waals surface area contributed by atoms with E-state index in [0.29, 0.717) is 6.54 Å². The molecule has 0 radical (unpaired) electrons. The normalized spacial score (nSPS) is 9.67. The summed E-state index contributed by atoms with van der Waals surface area (Å²) in [7, 11) is 0. The van der Waals surface area contributed by atoms with Gasteiger partial charge in [-0.3, -0.25) is 0 Å². The molecule has 1 aromatic carbocycles. The van der Waals surface area contributed by atoms with Crippen LogP contribution in [-0.2, 0) is 0 Å². The molecule has 2 aromatic rings. The molecule has 5 heteroatoms. The molecule has 18 heavy (non-hydrogen) atoms. The van der Waals surface area contributed by atoms with Crippen LogP contribution in [0.2, 0.25) is 0 Å². The summed E-state index contributed by atoms with van der Waals surface area (Å²) in [5.74, 6) is 0.721. The standard InChI is InChI=1S/C13H15N3O.ClH/c1-10-9-12(11-5-3-2-4-6-11)15-16-13(10)14-7-8-17;/h2-6,9,17H,7-8H2,1H3,(H,14,16);1H. The molecule has 2 N–H and O–H groups in total. The number of anilines is 1. The maximum absolute atomic E-state index is 8.74. The number of benzene rings is 1. The van der Waals surface area contributed by atoms with Crippen molar-refractivity contribution in [3.8, 4) is 11.3 Å². The number of aromatic nitrogens is 2. The molecule has 0 bridgehead atoms. The molecule has 2 rings (SSSR count). The Morgan fingerprint density at radius 3 is 2.50 bits per heavy atom. The highest BCUT2D eigenvalue weighted by molar-refractivity contribution is 5.85. The van der Waals surface area contributed by atoms with Crippen molar-refractivity contribution in [2.45, 2.75) is 6.92 Å². The van der Waals surface area contributed by atoms with Crippen LogP contribution in [0.5, 0.6) is 0 Å². The van der Waals surface area contributed by atoms with E-state index in [1.54, 1.807) is 0 Å². The Kier molecular flexibility index (Phi) is 5.55. The Morgan fingerprint density at radius 2 is 1.89 bits per heavy atom. The van der Waals surface area contributed by atoms with Gasteiger partial charge in [-0.15, -0.1) is 22.6 Å². The molecule has 0 aliphatic heterocycles. The second kappa shape index (κ2) is 6.93. The molecule has 0 saturated carbocycles. The van der Waals surface area contributed by atoms with Crippen molar-refractivity contribution in [3.05, 3.63) is 42.0 Å². The average molecular weight is 266 g/mol. The number of aliphatic hydroxyl groups excluding tert-OH is 1. The zero-order valence-electron chi connectivity index (χ0n) is 10.1. The van der Waals surface area contributed by atoms with Gasteiger partial charge < -0.3 is 10.4 Å². The van der Waals surface area contributed by atoms with Gasteiger partial charge in [0.2, 0.25) is 0 Å². The van der Waals surface area contributed by atoms with Gasteiger partial charge in [-0.2, -0.15) is 0 Å². The number of aryl methyl sites for hydroxylation is 1. The van der Waals surface area contributed by atoms with Gasteiger partial charge in [0, 0.05) is 12.1 Å². The van der Waals surface area contributed by atoms with Crippen molar-refractivity contribution < 1.29 is 5.11 Å². The number of halogens is 1. The SMILES string of the molecule is Cc1cc(-c2ccccc2)nnc1NCCO.Cl. The highest BCUT2D eigenvalue weighted by Gasteiger charge is 2.04. The molecule has 1 aromatic heterocycles. The largest absolute Gasteiger partial charge is 0.395 e. The van der Waals surface area contributed by atoms with Crippen molar-refractivity contribution in [2.75, 3.05) is 18.5 Å². The molecule has 0 aliphatic rings. The summed E-state index contributed by atoms with van der Waals surface area (Å²) in [5, 5.41) is 20.0. The highest BCUT2D eigenvalue weighted by Crippen LogP contribution is 2.19. The number of nitrogens with zero attached hydrogens (tertiary/aromatic N) is 2. The van der Waals surface area contributed by atoms with E-state index < -0.39 is 0 Å². The first-order valence-electron chi connectivity index (χ1n) is 5.56. The molecule has 0 spiro atoms. The Balaban J connectivity index is 0.00000162. The van der Waals surface area contributed by atoms with Gasteiger partial charge in [0.05, 0.1) is 12.3 Å². The fourth-order valence-corrected chi connectivity index (χ4v) is 1.58. The lowest BCUT2D eigenvalue weighted by Crippen LogP contribution is -2.09. The van der Waals surface area contributed by atoms with Crippen LogP contribution in [0.4, 0.5) is 5.82 Å². The van der Waals surface area contributed by atoms with Crippen molar-refractivity contribution in [1.29, 1.82) is 0 Å². The monoisotopic (exact) mass is 265 g/mol. The van der Waals surface area contributed by atoms with Gasteiger partial charge in [-0.1, -0.05) is 30.3 Å². The van der Waals surface area contributed by atoms with Crippen LogP contribution in [0.15, 0.2) is 36.4 Å². The molecule has 0 amide bonds. The van der Waals surface area contributed by atoms with Crippen molar-refractivity contribution in [3.63, 3.8) is 0 Å². The Bertz CT molecular complexity index is 491. The van der Waals surface area contributed by atoms with E-state index in [4.69, 9.17) is 5.11 Å². The van der Waals surface area contributed by atoms with Gasteiger partial charge in [0.25, 0.3) is 0 Å². The first kappa shape index (κ1) is 14.4. The predicted octanol–water partition coefficient (Wildman–Crippen LogP) is 2.28. The predicted molar refractivity (Wildman–Crippen MR) is 75.0 cm³/mol. The van der Waals surface area contributed by atoms with E-state index in [1.807, 2.05) is 43.3 Å². The minimum atomic E-state index is 0. The molecule has 1 heterocycles. The van der Waals surface area contributed by atoms with Crippen LogP contribution >= 0.6 is 12.4 Å². The Morgan fingerprint density at radius 1 is 1.17 bits per heavy atom. The Hall–Kier alpha value is -1.65. The second-order valence-electron chi connectivity index (χ2n) is 3.78. The third-order valence-electron chi connectivity index (χ3n) is 2.46. The van der Waals surface area contributed by atoms with Crippen molar-refractivity contribution in [2.24, 2.45) is 0 Å². The molecular weight excluding hydrogens is 250 g/mol. The number of rotatable bonds is 4. The third kappa shape index (κ3) is 3.42. The van der Waals surface area contributed by atoms with E-state index in [0.717, 1.165) is 22.6 Å². The molecule has 0 unspecified atom stereocenters. The van der Waals surface area contributed by atoms with E-state index in [-0.39, 0.29) is 19.0 Å². The minimum absolute atomic E-state index is 0. The lowest BCUT2D eigenvalue weighted by atomic mass is 10.1. The van der Waals surface area contributed by atoms with Crippen LogP contribution in [0.3, 0.4) is 0 Å². The van der Waals surface area contributed by atoms with E-state index >= 15 is 0 Å². The molecule has 0 aliphatic carbocycles. The molecule has 96 valence electrons. The summed E-state index contributed by atoms with van der Waals surface area (Å²) in [6.45, 7) is 2.54. The van der Waals surface area contributed by atoms with Gasteiger partial charge in [-0.05, 0) is 18.6 Å². The second-order valence-corrected chi connectivity index (χ2v) is 3.78. The van der Waals surface area contributed by atoms with Crippen molar-refractivity contribution >= 4 is 18.2 Å². The summed E-state index contributed by atoms with van der Waals surface area (Å²) < 4.78 is 0. The third-order valence-corrected chi connectivity index (χ3v) is 2.46. The minimum Gasteiger partial charge on any atom is -0.395 e. The molecule has 0 saturated heterocycles. The number of hydrogen-bond donors (Lipinski definition) is 2. The van der Waals surface area contributed by atoms with Crippen LogP contribution in [0.1, 0.15) is 5.56 Å². The summed E-state index contributed by atoms with van der Waals surface area (Å²) in [5.41, 5.74) is 2.93. The first-order chi connectivity index (χ1) is 8.31. The highest BCUT2D eigenvalue weighted by atomic mass is 35.5. The maximum atomic E-state index is 8.74. The van der Waals surface area contributed by atoms with Gasteiger partial charge in [0.15, 0.2) is 5.82 Å². The topological polar surface area (TPSA) is 58.0 Å². The lowest BCUT2D eigenvalue weighted by molar-refractivity contribution is 0.311. The summed E-state index contributed by atoms with van der Waals surface area (Å²) in [6.07, 6.45) is 0. The number of hydrogen-bond acceptors (Lipinski definition) is 4. The zero-order valence-corrected chi connectivity index (χ0v) is 10.9. The fraction of sp³-hybridized carbons (Fsp3) is 0.231. The quantitative estimate of drug-likeness (QED) is 0.891. The maximum Gasteiger partial charge on any atom is 0.151 e. The van der Waals surface area contributed by atoms with Crippen LogP contribution in [-0.4, -0.2) is 28.5 Å². The van der Waals surface area contributed by atoms with Crippen molar-refractivity contribution in [1.82, 2.24) is 10.2 Å². The van der Waals surface area contributed by atoms with Gasteiger partial charge in [-0.25, -0.2) is 0 Å². The molecule has 4 nitrogen and oxygen atoms in total. The van der Waals surface area contributed by atoms with E-state index in [9.17, 15) is 0 Å². The van der Waals surface area contributed by atoms with E-state index in [2.05, 4.69) is 15.5 Å². The smallest absolute Gasteiger partial charge is 0.151 e. The summed E-state index contributed by atoms with van der Waals surface area (Å²) in [4.78, 5) is 0. The molecule has 0 fully saturated rings. The Labute approximate surface area is 112 Å². The number of nitrogens with one attached hydrogen (secondary N) is 1. The van der Waals surface area contributed by atoms with Crippen LogP contribution < -0.4 is 5.32 Å². The van der Waals surface area contributed by atoms with Crippen LogP contribution in [0, 0.1) is 6.92 Å². The average Bonchev–Trinajstić information content (AvgIpc) is 2.38. The summed E-state index contributed by atoms with van der Waals surface area (Å²) >= 11 is 0. The van der Waals surface area contributed by atoms with Gasteiger partial charge in [0.1, 0.15) is 0 Å².